The van der Waals surface area contributed by atoms with E-state index in [1.54, 1.807) is 33.6 Å². The van der Waals surface area contributed by atoms with Crippen molar-refractivity contribution in [3.05, 3.63) is 66.1 Å². The number of carbonyl (C=O) groups excluding carboxylic acids is 1. The number of nitrogens with zero attached hydrogens (tertiary/aromatic N) is 2. The minimum atomic E-state index is -0.386. The summed E-state index contributed by atoms with van der Waals surface area (Å²) in [4.78, 5) is 20.9. The van der Waals surface area contributed by atoms with Crippen LogP contribution in [-0.4, -0.2) is 37.2 Å². The van der Waals surface area contributed by atoms with Crippen LogP contribution in [0.5, 0.6) is 17.2 Å². The first kappa shape index (κ1) is 20.1. The molecule has 3 aromatic rings. The lowest BCUT2D eigenvalue weighted by atomic mass is 10.1. The zero-order valence-corrected chi connectivity index (χ0v) is 16.4. The molecule has 0 saturated carbocycles. The van der Waals surface area contributed by atoms with Gasteiger partial charge in [-0.05, 0) is 42.0 Å². The van der Waals surface area contributed by atoms with Gasteiger partial charge in [-0.15, -0.1) is 0 Å². The summed E-state index contributed by atoms with van der Waals surface area (Å²) in [5.74, 6) is 1.70. The van der Waals surface area contributed by atoms with Gasteiger partial charge in [-0.2, -0.15) is 0 Å². The van der Waals surface area contributed by atoms with Gasteiger partial charge in [0.05, 0.1) is 39.4 Å². The Hall–Kier alpha value is -3.65. The first-order valence-electron chi connectivity index (χ1n) is 8.84. The second-order valence-corrected chi connectivity index (χ2v) is 6.05. The summed E-state index contributed by atoms with van der Waals surface area (Å²) in [6.07, 6.45) is 3.02. The van der Waals surface area contributed by atoms with E-state index in [1.165, 1.54) is 6.20 Å². The number of ether oxygens (including phenoxy) is 3. The molecule has 8 nitrogen and oxygen atoms in total. The van der Waals surface area contributed by atoms with Crippen LogP contribution < -0.4 is 25.1 Å². The van der Waals surface area contributed by atoms with E-state index >= 15 is 0 Å². The normalized spacial score (nSPS) is 10.3. The highest BCUT2D eigenvalue weighted by molar-refractivity contribution is 5.92. The summed E-state index contributed by atoms with van der Waals surface area (Å²) in [5.41, 5.74) is 8.03. The third-order valence-corrected chi connectivity index (χ3v) is 4.16. The minimum Gasteiger partial charge on any atom is -0.497 e. The number of nitrogens with one attached hydrogen (secondary N) is 2. The monoisotopic (exact) mass is 394 g/mol. The van der Waals surface area contributed by atoms with Crippen molar-refractivity contribution in [2.75, 3.05) is 21.3 Å². The summed E-state index contributed by atoms with van der Waals surface area (Å²) >= 11 is 0. The topological polar surface area (TPSA) is 94.6 Å². The van der Waals surface area contributed by atoms with Gasteiger partial charge in [0.1, 0.15) is 22.9 Å². The van der Waals surface area contributed by atoms with Crippen molar-refractivity contribution in [1.82, 2.24) is 20.8 Å². The molecular formula is C21H22N4O4. The van der Waals surface area contributed by atoms with Gasteiger partial charge in [-0.3, -0.25) is 15.2 Å². The third-order valence-electron chi connectivity index (χ3n) is 4.16. The van der Waals surface area contributed by atoms with Crippen LogP contribution in [-0.2, 0) is 6.54 Å². The smallest absolute Gasteiger partial charge is 0.285 e. The molecule has 0 atom stereocenters. The summed E-state index contributed by atoms with van der Waals surface area (Å²) in [5, 5.41) is 0. The SMILES string of the molecule is COc1ccc(-c2cncc(C(=O)NNCc3cc(OC)cc(OC)c3)n2)cc1. The number of hydrogen-bond acceptors (Lipinski definition) is 7. The van der Waals surface area contributed by atoms with E-state index in [2.05, 4.69) is 20.8 Å². The number of methoxy groups -OCH3 is 3. The van der Waals surface area contributed by atoms with Crippen LogP contribution in [0.3, 0.4) is 0 Å². The maximum Gasteiger partial charge on any atom is 0.285 e. The van der Waals surface area contributed by atoms with Crippen LogP contribution in [0.25, 0.3) is 11.3 Å². The summed E-state index contributed by atoms with van der Waals surface area (Å²) in [6, 6.07) is 12.9. The van der Waals surface area contributed by atoms with E-state index in [0.29, 0.717) is 23.7 Å². The summed E-state index contributed by atoms with van der Waals surface area (Å²) < 4.78 is 15.6. The zero-order valence-electron chi connectivity index (χ0n) is 16.4. The molecule has 0 aliphatic heterocycles. The fourth-order valence-electron chi connectivity index (χ4n) is 2.64. The van der Waals surface area contributed by atoms with E-state index in [1.807, 2.05) is 36.4 Å². The molecule has 0 spiro atoms. The van der Waals surface area contributed by atoms with Crippen molar-refractivity contribution in [2.45, 2.75) is 6.54 Å². The van der Waals surface area contributed by atoms with Gasteiger partial charge in [-0.1, -0.05) is 0 Å². The second-order valence-electron chi connectivity index (χ2n) is 6.05. The van der Waals surface area contributed by atoms with Gasteiger partial charge >= 0.3 is 0 Å². The predicted molar refractivity (Wildman–Crippen MR) is 108 cm³/mol. The number of hydrazine groups is 1. The lowest BCUT2D eigenvalue weighted by Gasteiger charge is -2.10. The van der Waals surface area contributed by atoms with E-state index < -0.39 is 0 Å². The fraction of sp³-hybridized carbons (Fsp3) is 0.190. The average Bonchev–Trinajstić information content (AvgIpc) is 2.78. The van der Waals surface area contributed by atoms with Gasteiger partial charge in [0.2, 0.25) is 0 Å². The number of aromatic nitrogens is 2. The minimum absolute atomic E-state index is 0.203. The molecule has 0 fully saturated rings. The largest absolute Gasteiger partial charge is 0.497 e. The maximum atomic E-state index is 12.4. The van der Waals surface area contributed by atoms with Crippen molar-refractivity contribution >= 4 is 5.91 Å². The average molecular weight is 394 g/mol. The predicted octanol–water partition coefficient (Wildman–Crippen LogP) is 2.60. The third kappa shape index (κ3) is 5.20. The lowest BCUT2D eigenvalue weighted by molar-refractivity contribution is 0.0927. The zero-order chi connectivity index (χ0) is 20.6. The molecule has 0 aliphatic rings. The Morgan fingerprint density at radius 3 is 2.17 bits per heavy atom. The van der Waals surface area contributed by atoms with Crippen LogP contribution in [0, 0.1) is 0 Å². The Kier molecular flexibility index (Phi) is 6.59. The highest BCUT2D eigenvalue weighted by Crippen LogP contribution is 2.22. The van der Waals surface area contributed by atoms with Crippen LogP contribution in [0.2, 0.25) is 0 Å². The van der Waals surface area contributed by atoms with E-state index in [4.69, 9.17) is 14.2 Å². The molecule has 2 aromatic carbocycles. The van der Waals surface area contributed by atoms with Crippen molar-refractivity contribution < 1.29 is 19.0 Å². The van der Waals surface area contributed by atoms with E-state index in [-0.39, 0.29) is 11.6 Å². The molecule has 1 aromatic heterocycles. The van der Waals surface area contributed by atoms with Gasteiger partial charge in [0.15, 0.2) is 0 Å². The van der Waals surface area contributed by atoms with Crippen molar-refractivity contribution in [2.24, 2.45) is 0 Å². The van der Waals surface area contributed by atoms with Crippen LogP contribution >= 0.6 is 0 Å². The number of amides is 1. The molecule has 0 saturated heterocycles. The summed E-state index contributed by atoms with van der Waals surface area (Å²) in [6.45, 7) is 0.380. The number of benzene rings is 2. The quantitative estimate of drug-likeness (QED) is 0.567. The highest BCUT2D eigenvalue weighted by Gasteiger charge is 2.10. The molecule has 1 amide bonds. The van der Waals surface area contributed by atoms with Crippen LogP contribution in [0.4, 0.5) is 0 Å². The fourth-order valence-corrected chi connectivity index (χ4v) is 2.64. The van der Waals surface area contributed by atoms with Crippen molar-refractivity contribution in [3.8, 4) is 28.5 Å². The number of rotatable bonds is 8. The van der Waals surface area contributed by atoms with Crippen LogP contribution in [0.15, 0.2) is 54.9 Å². The van der Waals surface area contributed by atoms with Crippen molar-refractivity contribution in [1.29, 1.82) is 0 Å². The Balaban J connectivity index is 1.64. The number of hydrogen-bond donors (Lipinski definition) is 2. The van der Waals surface area contributed by atoms with Gasteiger partial charge in [0.25, 0.3) is 5.91 Å². The standard InChI is InChI=1S/C21H22N4O4/c1-27-16-6-4-15(5-7-16)19-12-22-13-20(24-19)21(26)25-23-11-14-8-17(28-2)10-18(9-14)29-3/h4-10,12-13,23H,11H2,1-3H3,(H,25,26). The highest BCUT2D eigenvalue weighted by atomic mass is 16.5. The van der Waals surface area contributed by atoms with Crippen molar-refractivity contribution in [3.63, 3.8) is 0 Å². The summed E-state index contributed by atoms with van der Waals surface area (Å²) in [7, 11) is 4.78. The number of carbonyl (C=O) groups is 1. The van der Waals surface area contributed by atoms with Crippen LogP contribution in [0.1, 0.15) is 16.1 Å². The molecular weight excluding hydrogens is 372 g/mol. The molecule has 8 heteroatoms. The Labute approximate surface area is 168 Å². The molecule has 0 aliphatic carbocycles. The van der Waals surface area contributed by atoms with E-state index in [0.717, 1.165) is 16.9 Å². The molecule has 3 rings (SSSR count). The van der Waals surface area contributed by atoms with Gasteiger partial charge in [-0.25, -0.2) is 10.4 Å². The molecule has 29 heavy (non-hydrogen) atoms. The Morgan fingerprint density at radius 2 is 1.55 bits per heavy atom. The molecule has 150 valence electrons. The lowest BCUT2D eigenvalue weighted by Crippen LogP contribution is -2.37. The second kappa shape index (κ2) is 9.52. The molecule has 1 heterocycles. The molecule has 2 N–H and O–H groups in total. The molecule has 0 unspecified atom stereocenters. The first-order chi connectivity index (χ1) is 14.1. The van der Waals surface area contributed by atoms with E-state index in [9.17, 15) is 4.79 Å². The van der Waals surface area contributed by atoms with Gasteiger partial charge in [0, 0.05) is 18.2 Å². The Morgan fingerprint density at radius 1 is 0.897 bits per heavy atom. The Bertz CT molecular complexity index is 954. The molecule has 0 radical (unpaired) electrons. The first-order valence-corrected chi connectivity index (χ1v) is 8.84. The molecule has 0 bridgehead atoms. The van der Waals surface area contributed by atoms with Gasteiger partial charge < -0.3 is 14.2 Å². The maximum absolute atomic E-state index is 12.4.